The summed E-state index contributed by atoms with van der Waals surface area (Å²) in [6, 6.07) is 6.23. The van der Waals surface area contributed by atoms with Crippen LogP contribution in [-0.4, -0.2) is 6.54 Å². The van der Waals surface area contributed by atoms with E-state index in [2.05, 4.69) is 31.3 Å². The number of halogens is 2. The molecule has 14 heavy (non-hydrogen) atoms. The Morgan fingerprint density at radius 1 is 1.43 bits per heavy atom. The fourth-order valence-corrected chi connectivity index (χ4v) is 1.37. The van der Waals surface area contributed by atoms with Gasteiger partial charge in [-0.15, -0.1) is 0 Å². The second-order valence-corrected chi connectivity index (χ2v) is 3.93. The van der Waals surface area contributed by atoms with E-state index >= 15 is 0 Å². The molecule has 0 heterocycles. The van der Waals surface area contributed by atoms with Gasteiger partial charge in [0.25, 0.3) is 0 Å². The summed E-state index contributed by atoms with van der Waals surface area (Å²) in [5.41, 5.74) is 4.93. The minimum Gasteiger partial charge on any atom is -0.380 e. The van der Waals surface area contributed by atoms with Gasteiger partial charge in [-0.25, -0.2) is 0 Å². The highest BCUT2D eigenvalue weighted by Gasteiger charge is 1.98. The molecular weight excluding hydrogens is 217 g/mol. The predicted octanol–water partition coefficient (Wildman–Crippen LogP) is 4.03. The van der Waals surface area contributed by atoms with E-state index in [0.29, 0.717) is 11.6 Å². The molecule has 1 N–H and O–H groups in total. The van der Waals surface area contributed by atoms with Crippen molar-refractivity contribution in [2.24, 2.45) is 0 Å². The van der Waals surface area contributed by atoms with Crippen LogP contribution in [-0.2, 0) is 0 Å². The molecule has 3 heteroatoms. The molecule has 0 radical (unpaired) electrons. The van der Waals surface area contributed by atoms with Crippen molar-refractivity contribution in [2.45, 2.75) is 13.8 Å². The molecule has 1 aromatic carbocycles. The zero-order chi connectivity index (χ0) is 10.6. The lowest BCUT2D eigenvalue weighted by molar-refractivity contribution is 1.27. The third-order valence-corrected chi connectivity index (χ3v) is 2.57. The molecule has 0 saturated heterocycles. The van der Waals surface area contributed by atoms with Gasteiger partial charge in [0, 0.05) is 16.3 Å². The first kappa shape index (κ1) is 11.4. The smallest absolute Gasteiger partial charge is 0.0516 e. The Kier molecular flexibility index (Phi) is 4.30. The molecule has 0 aliphatic heterocycles. The molecular formula is C11H13Cl2N. The molecule has 0 fully saturated rings. The minimum atomic E-state index is 0.564. The van der Waals surface area contributed by atoms with Gasteiger partial charge in [-0.2, -0.15) is 0 Å². The van der Waals surface area contributed by atoms with Crippen molar-refractivity contribution in [3.63, 3.8) is 0 Å². The zero-order valence-electron chi connectivity index (χ0n) is 8.27. The molecule has 1 rings (SSSR count). The Hall–Kier alpha value is -0.660. The van der Waals surface area contributed by atoms with Gasteiger partial charge in [0.1, 0.15) is 0 Å². The van der Waals surface area contributed by atoms with Gasteiger partial charge < -0.3 is 5.32 Å². The van der Waals surface area contributed by atoms with Gasteiger partial charge in [0.2, 0.25) is 0 Å². The van der Waals surface area contributed by atoms with E-state index in [-0.39, 0.29) is 0 Å². The van der Waals surface area contributed by atoms with E-state index in [1.54, 1.807) is 0 Å². The molecule has 0 amide bonds. The fourth-order valence-electron chi connectivity index (χ4n) is 1.23. The van der Waals surface area contributed by atoms with Gasteiger partial charge in [0.05, 0.1) is 6.54 Å². The second kappa shape index (κ2) is 5.28. The number of anilines is 1. The lowest BCUT2D eigenvalue weighted by Crippen LogP contribution is -2.02. The number of hydrogen-bond acceptors (Lipinski definition) is 1. The van der Waals surface area contributed by atoms with Gasteiger partial charge in [-0.05, 0) is 25.5 Å². The van der Waals surface area contributed by atoms with Crippen LogP contribution in [0.15, 0.2) is 28.8 Å². The summed E-state index contributed by atoms with van der Waals surface area (Å²) in [5, 5.41) is 3.81. The SMILES string of the molecule is Cc1ccc(NCC(Cl)=CCl)c(C)c1. The number of rotatable bonds is 3. The van der Waals surface area contributed by atoms with E-state index in [4.69, 9.17) is 23.2 Å². The lowest BCUT2D eigenvalue weighted by Gasteiger charge is -2.09. The number of nitrogens with one attached hydrogen (secondary N) is 1. The van der Waals surface area contributed by atoms with Crippen molar-refractivity contribution < 1.29 is 0 Å². The third kappa shape index (κ3) is 3.24. The monoisotopic (exact) mass is 229 g/mol. The maximum absolute atomic E-state index is 5.77. The van der Waals surface area contributed by atoms with Crippen molar-refractivity contribution in [1.82, 2.24) is 0 Å². The van der Waals surface area contributed by atoms with Crippen molar-refractivity contribution >= 4 is 28.9 Å². The van der Waals surface area contributed by atoms with E-state index in [1.807, 2.05) is 6.07 Å². The van der Waals surface area contributed by atoms with Gasteiger partial charge in [0.15, 0.2) is 0 Å². The molecule has 0 bridgehead atoms. The Morgan fingerprint density at radius 3 is 2.71 bits per heavy atom. The third-order valence-electron chi connectivity index (χ3n) is 1.95. The molecule has 1 aromatic rings. The highest BCUT2D eigenvalue weighted by Crippen LogP contribution is 2.16. The quantitative estimate of drug-likeness (QED) is 0.826. The predicted molar refractivity (Wildman–Crippen MR) is 64.2 cm³/mol. The summed E-state index contributed by atoms with van der Waals surface area (Å²) in [5.74, 6) is 0. The molecule has 1 nitrogen and oxygen atoms in total. The van der Waals surface area contributed by atoms with Crippen LogP contribution in [0.3, 0.4) is 0 Å². The van der Waals surface area contributed by atoms with Crippen LogP contribution in [0, 0.1) is 13.8 Å². The van der Waals surface area contributed by atoms with Gasteiger partial charge in [-0.3, -0.25) is 0 Å². The van der Waals surface area contributed by atoms with E-state index in [9.17, 15) is 0 Å². The van der Waals surface area contributed by atoms with Crippen LogP contribution in [0.5, 0.6) is 0 Å². The Labute approximate surface area is 94.7 Å². The highest BCUT2D eigenvalue weighted by molar-refractivity contribution is 6.36. The van der Waals surface area contributed by atoms with Crippen LogP contribution in [0.2, 0.25) is 0 Å². The van der Waals surface area contributed by atoms with Gasteiger partial charge in [-0.1, -0.05) is 40.9 Å². The molecule has 0 aromatic heterocycles. The summed E-state index contributed by atoms with van der Waals surface area (Å²) in [6.07, 6.45) is 0. The number of aryl methyl sites for hydroxylation is 2. The van der Waals surface area contributed by atoms with Crippen molar-refractivity contribution in [2.75, 3.05) is 11.9 Å². The summed E-state index contributed by atoms with van der Waals surface area (Å²) in [6.45, 7) is 4.70. The zero-order valence-corrected chi connectivity index (χ0v) is 9.78. The first-order valence-corrected chi connectivity index (χ1v) is 5.21. The average molecular weight is 230 g/mol. The lowest BCUT2D eigenvalue weighted by atomic mass is 10.1. The normalized spacial score (nSPS) is 11.6. The fraction of sp³-hybridized carbons (Fsp3) is 0.273. The molecule has 0 atom stereocenters. The summed E-state index contributed by atoms with van der Waals surface area (Å²) in [4.78, 5) is 0. The van der Waals surface area contributed by atoms with Crippen molar-refractivity contribution in [1.29, 1.82) is 0 Å². The Morgan fingerprint density at radius 2 is 2.14 bits per heavy atom. The van der Waals surface area contributed by atoms with Crippen LogP contribution in [0.4, 0.5) is 5.69 Å². The second-order valence-electron chi connectivity index (χ2n) is 3.23. The Bertz CT molecular complexity index is 345. The summed E-state index contributed by atoms with van der Waals surface area (Å²) >= 11 is 11.2. The van der Waals surface area contributed by atoms with Crippen molar-refractivity contribution in [3.05, 3.63) is 39.9 Å². The maximum Gasteiger partial charge on any atom is 0.0516 e. The van der Waals surface area contributed by atoms with E-state index < -0.39 is 0 Å². The average Bonchev–Trinajstić information content (AvgIpc) is 2.16. The van der Waals surface area contributed by atoms with E-state index in [0.717, 1.165) is 5.69 Å². The first-order valence-electron chi connectivity index (χ1n) is 4.39. The van der Waals surface area contributed by atoms with E-state index in [1.165, 1.54) is 16.7 Å². The maximum atomic E-state index is 5.77. The standard InChI is InChI=1S/C11H13Cl2N/c1-8-3-4-11(9(2)5-8)14-7-10(13)6-12/h3-6,14H,7H2,1-2H3. The largest absolute Gasteiger partial charge is 0.380 e. The molecule has 0 aliphatic rings. The molecule has 0 aliphatic carbocycles. The Balaban J connectivity index is 2.68. The number of hydrogen-bond donors (Lipinski definition) is 1. The minimum absolute atomic E-state index is 0.564. The molecule has 0 spiro atoms. The van der Waals surface area contributed by atoms with Crippen molar-refractivity contribution in [3.8, 4) is 0 Å². The highest BCUT2D eigenvalue weighted by atomic mass is 35.5. The molecule has 76 valence electrons. The molecule has 0 saturated carbocycles. The molecule has 0 unspecified atom stereocenters. The van der Waals surface area contributed by atoms with Crippen LogP contribution in [0.1, 0.15) is 11.1 Å². The van der Waals surface area contributed by atoms with Crippen LogP contribution < -0.4 is 5.32 Å². The topological polar surface area (TPSA) is 12.0 Å². The van der Waals surface area contributed by atoms with Gasteiger partial charge >= 0.3 is 0 Å². The number of benzene rings is 1. The van der Waals surface area contributed by atoms with Crippen LogP contribution in [0.25, 0.3) is 0 Å². The summed E-state index contributed by atoms with van der Waals surface area (Å²) < 4.78 is 0. The first-order chi connectivity index (χ1) is 6.63. The van der Waals surface area contributed by atoms with Crippen LogP contribution >= 0.6 is 23.2 Å². The summed E-state index contributed by atoms with van der Waals surface area (Å²) in [7, 11) is 0.